The van der Waals surface area contributed by atoms with Gasteiger partial charge in [-0.2, -0.15) is 0 Å². The van der Waals surface area contributed by atoms with E-state index >= 15 is 0 Å². The predicted octanol–water partition coefficient (Wildman–Crippen LogP) is 1.08. The molecule has 0 bridgehead atoms. The third-order valence-electron chi connectivity index (χ3n) is 2.02. The van der Waals surface area contributed by atoms with Crippen molar-refractivity contribution in [2.75, 3.05) is 31.8 Å². The Morgan fingerprint density at radius 3 is 2.70 bits per heavy atom. The average molecular weight is 318 g/mol. The molecule has 1 heterocycles. The first-order valence-corrected chi connectivity index (χ1v) is 7.76. The van der Waals surface area contributed by atoms with Gasteiger partial charge in [-0.25, -0.2) is 0 Å². The molecule has 0 radical (unpaired) electrons. The van der Waals surface area contributed by atoms with Crippen LogP contribution < -0.4 is 5.32 Å². The highest BCUT2D eigenvalue weighted by Crippen LogP contribution is 2.25. The second kappa shape index (κ2) is 8.18. The van der Waals surface area contributed by atoms with E-state index in [9.17, 15) is 9.59 Å². The van der Waals surface area contributed by atoms with Gasteiger partial charge in [0.25, 0.3) is 5.91 Å². The molecular formula is C11H18N4O3S2. The maximum atomic E-state index is 11.5. The zero-order valence-corrected chi connectivity index (χ0v) is 13.5. The Morgan fingerprint density at radius 1 is 1.40 bits per heavy atom. The standard InChI is InChI=1S/C11H18N4O3S2/c1-7(2)18-5-8(16)12-10-13-14-11(20-10)19-6-9(17)15(3)4/h7H,5-6H2,1-4H3,(H,12,13,16). The Balaban J connectivity index is 2.39. The molecule has 7 nitrogen and oxygen atoms in total. The number of hydrogen-bond acceptors (Lipinski definition) is 7. The Kier molecular flexibility index (Phi) is 6.89. The van der Waals surface area contributed by atoms with Crippen molar-refractivity contribution in [3.63, 3.8) is 0 Å². The number of nitrogens with one attached hydrogen (secondary N) is 1. The summed E-state index contributed by atoms with van der Waals surface area (Å²) in [5, 5.41) is 10.7. The van der Waals surface area contributed by atoms with E-state index in [2.05, 4.69) is 15.5 Å². The minimum absolute atomic E-state index is 0.00104. The Morgan fingerprint density at radius 2 is 2.10 bits per heavy atom. The van der Waals surface area contributed by atoms with Crippen LogP contribution in [0.3, 0.4) is 0 Å². The van der Waals surface area contributed by atoms with Crippen LogP contribution in [-0.4, -0.2) is 59.5 Å². The molecule has 0 aliphatic rings. The van der Waals surface area contributed by atoms with Crippen LogP contribution in [0.5, 0.6) is 0 Å². The van der Waals surface area contributed by atoms with Crippen molar-refractivity contribution in [1.82, 2.24) is 15.1 Å². The van der Waals surface area contributed by atoms with Crippen LogP contribution in [0, 0.1) is 0 Å². The molecule has 0 aliphatic carbocycles. The molecule has 1 N–H and O–H groups in total. The summed E-state index contributed by atoms with van der Waals surface area (Å²) in [5.74, 6) is 0.0309. The molecule has 0 unspecified atom stereocenters. The van der Waals surface area contributed by atoms with Gasteiger partial charge in [0.05, 0.1) is 11.9 Å². The maximum Gasteiger partial charge on any atom is 0.252 e. The van der Waals surface area contributed by atoms with E-state index in [1.165, 1.54) is 28.0 Å². The lowest BCUT2D eigenvalue weighted by atomic mass is 10.5. The smallest absolute Gasteiger partial charge is 0.252 e. The van der Waals surface area contributed by atoms with Gasteiger partial charge >= 0.3 is 0 Å². The van der Waals surface area contributed by atoms with E-state index in [-0.39, 0.29) is 24.5 Å². The number of hydrogen-bond donors (Lipinski definition) is 1. The van der Waals surface area contributed by atoms with Crippen molar-refractivity contribution in [3.8, 4) is 0 Å². The highest BCUT2D eigenvalue weighted by molar-refractivity contribution is 8.01. The molecule has 112 valence electrons. The van der Waals surface area contributed by atoms with Crippen molar-refractivity contribution >= 4 is 40.0 Å². The van der Waals surface area contributed by atoms with E-state index in [1.54, 1.807) is 14.1 Å². The number of nitrogens with zero attached hydrogens (tertiary/aromatic N) is 3. The molecule has 9 heteroatoms. The molecule has 0 aliphatic heterocycles. The van der Waals surface area contributed by atoms with E-state index in [0.29, 0.717) is 15.2 Å². The number of amides is 2. The zero-order valence-electron chi connectivity index (χ0n) is 11.9. The van der Waals surface area contributed by atoms with Gasteiger partial charge in [-0.15, -0.1) is 10.2 Å². The summed E-state index contributed by atoms with van der Waals surface area (Å²) in [4.78, 5) is 24.5. The minimum Gasteiger partial charge on any atom is -0.369 e. The molecule has 1 aromatic heterocycles. The van der Waals surface area contributed by atoms with Gasteiger partial charge < -0.3 is 9.64 Å². The van der Waals surface area contributed by atoms with Gasteiger partial charge in [-0.05, 0) is 13.8 Å². The number of anilines is 1. The van der Waals surface area contributed by atoms with Crippen LogP contribution >= 0.6 is 23.1 Å². The maximum absolute atomic E-state index is 11.5. The number of ether oxygens (including phenoxy) is 1. The summed E-state index contributed by atoms with van der Waals surface area (Å²) in [6, 6.07) is 0. The number of aromatic nitrogens is 2. The SMILES string of the molecule is CC(C)OCC(=O)Nc1nnc(SCC(=O)N(C)C)s1. The third-order valence-corrected chi connectivity index (χ3v) is 3.98. The monoisotopic (exact) mass is 318 g/mol. The van der Waals surface area contributed by atoms with Crippen molar-refractivity contribution < 1.29 is 14.3 Å². The summed E-state index contributed by atoms with van der Waals surface area (Å²) in [6.45, 7) is 3.70. The lowest BCUT2D eigenvalue weighted by Crippen LogP contribution is -2.23. The highest BCUT2D eigenvalue weighted by atomic mass is 32.2. The first kappa shape index (κ1) is 16.9. The Bertz CT molecular complexity index is 462. The van der Waals surface area contributed by atoms with Crippen LogP contribution in [0.2, 0.25) is 0 Å². The molecule has 1 aromatic rings. The van der Waals surface area contributed by atoms with Crippen LogP contribution in [0.25, 0.3) is 0 Å². The van der Waals surface area contributed by atoms with Gasteiger partial charge in [0.2, 0.25) is 11.0 Å². The predicted molar refractivity (Wildman–Crippen MR) is 79.0 cm³/mol. The second-order valence-electron chi connectivity index (χ2n) is 4.36. The summed E-state index contributed by atoms with van der Waals surface area (Å²) in [7, 11) is 3.40. The van der Waals surface area contributed by atoms with E-state index in [4.69, 9.17) is 4.74 Å². The number of rotatable bonds is 7. The van der Waals surface area contributed by atoms with Crippen molar-refractivity contribution in [2.45, 2.75) is 24.3 Å². The topological polar surface area (TPSA) is 84.4 Å². The van der Waals surface area contributed by atoms with Gasteiger partial charge in [-0.1, -0.05) is 23.1 Å². The van der Waals surface area contributed by atoms with Crippen molar-refractivity contribution in [2.24, 2.45) is 0 Å². The molecule has 1 rings (SSSR count). The quantitative estimate of drug-likeness (QED) is 0.598. The molecule has 0 fully saturated rings. The zero-order chi connectivity index (χ0) is 15.1. The molecule has 0 atom stereocenters. The molecule has 20 heavy (non-hydrogen) atoms. The number of carbonyl (C=O) groups excluding carboxylic acids is 2. The Hall–Kier alpha value is -1.19. The van der Waals surface area contributed by atoms with Crippen molar-refractivity contribution in [3.05, 3.63) is 0 Å². The van der Waals surface area contributed by atoms with Crippen LogP contribution in [0.1, 0.15) is 13.8 Å². The number of thioether (sulfide) groups is 1. The number of carbonyl (C=O) groups is 2. The van der Waals surface area contributed by atoms with Crippen molar-refractivity contribution in [1.29, 1.82) is 0 Å². The molecule has 0 aromatic carbocycles. The largest absolute Gasteiger partial charge is 0.369 e. The van der Waals surface area contributed by atoms with Gasteiger partial charge in [0.15, 0.2) is 4.34 Å². The fourth-order valence-electron chi connectivity index (χ4n) is 0.969. The van der Waals surface area contributed by atoms with E-state index in [0.717, 1.165) is 0 Å². The minimum atomic E-state index is -0.268. The van der Waals surface area contributed by atoms with Crippen LogP contribution in [0.4, 0.5) is 5.13 Å². The first-order valence-electron chi connectivity index (χ1n) is 5.96. The first-order chi connectivity index (χ1) is 9.38. The molecular weight excluding hydrogens is 300 g/mol. The van der Waals surface area contributed by atoms with Crippen LogP contribution in [0.15, 0.2) is 4.34 Å². The lowest BCUT2D eigenvalue weighted by molar-refractivity contribution is -0.126. The summed E-state index contributed by atoms with van der Waals surface area (Å²) in [6.07, 6.45) is -0.00154. The fourth-order valence-corrected chi connectivity index (χ4v) is 2.72. The van der Waals surface area contributed by atoms with Gasteiger partial charge in [-0.3, -0.25) is 14.9 Å². The summed E-state index contributed by atoms with van der Waals surface area (Å²) in [5.41, 5.74) is 0. The van der Waals surface area contributed by atoms with Gasteiger partial charge in [0.1, 0.15) is 6.61 Å². The molecule has 2 amide bonds. The highest BCUT2D eigenvalue weighted by Gasteiger charge is 2.11. The van der Waals surface area contributed by atoms with Crippen LogP contribution in [-0.2, 0) is 14.3 Å². The lowest BCUT2D eigenvalue weighted by Gasteiger charge is -2.07. The van der Waals surface area contributed by atoms with E-state index < -0.39 is 0 Å². The summed E-state index contributed by atoms with van der Waals surface area (Å²) < 4.78 is 5.82. The second-order valence-corrected chi connectivity index (χ2v) is 6.56. The molecule has 0 saturated heterocycles. The van der Waals surface area contributed by atoms with E-state index in [1.807, 2.05) is 13.8 Å². The molecule has 0 spiro atoms. The molecule has 0 saturated carbocycles. The summed E-state index contributed by atoms with van der Waals surface area (Å²) >= 11 is 2.53. The van der Waals surface area contributed by atoms with Gasteiger partial charge in [0, 0.05) is 14.1 Å². The average Bonchev–Trinajstić information content (AvgIpc) is 2.81. The normalized spacial score (nSPS) is 10.7. The fraction of sp³-hybridized carbons (Fsp3) is 0.636. The third kappa shape index (κ3) is 6.31. The Labute approximate surface area is 126 Å².